The molecule has 4 nitrogen and oxygen atoms in total. The Labute approximate surface area is 99.1 Å². The van der Waals surface area contributed by atoms with Crippen LogP contribution in [-0.4, -0.2) is 28.8 Å². The van der Waals surface area contributed by atoms with Crippen LogP contribution in [0, 0.1) is 11.7 Å². The molecule has 0 saturated carbocycles. The summed E-state index contributed by atoms with van der Waals surface area (Å²) in [6.45, 7) is 3.69. The van der Waals surface area contributed by atoms with Gasteiger partial charge in [-0.2, -0.15) is 0 Å². The summed E-state index contributed by atoms with van der Waals surface area (Å²) in [4.78, 5) is 10.6. The minimum absolute atomic E-state index is 0.0989. The number of carbonyl (C=O) groups is 1. The molecule has 1 aromatic carbocycles. The molecule has 0 spiro atoms. The van der Waals surface area contributed by atoms with E-state index < -0.39 is 11.8 Å². The van der Waals surface area contributed by atoms with Crippen molar-refractivity contribution in [2.24, 2.45) is 5.92 Å². The second-order valence-corrected chi connectivity index (χ2v) is 4.18. The first-order chi connectivity index (χ1) is 7.95. The van der Waals surface area contributed by atoms with E-state index in [2.05, 4.69) is 5.32 Å². The van der Waals surface area contributed by atoms with Crippen LogP contribution in [0.1, 0.15) is 24.2 Å². The van der Waals surface area contributed by atoms with Gasteiger partial charge in [-0.05, 0) is 24.1 Å². The highest BCUT2D eigenvalue weighted by Gasteiger charge is 2.15. The molecule has 0 heterocycles. The number of anilines is 1. The molecule has 17 heavy (non-hydrogen) atoms. The van der Waals surface area contributed by atoms with Crippen LogP contribution >= 0.6 is 0 Å². The van der Waals surface area contributed by atoms with Crippen LogP contribution in [0.25, 0.3) is 0 Å². The van der Waals surface area contributed by atoms with Crippen molar-refractivity contribution in [2.75, 3.05) is 11.9 Å². The maximum Gasteiger partial charge on any atom is 0.335 e. The summed E-state index contributed by atoms with van der Waals surface area (Å²) >= 11 is 0. The molecule has 0 saturated heterocycles. The number of hydrogen-bond donors (Lipinski definition) is 3. The highest BCUT2D eigenvalue weighted by Crippen LogP contribution is 2.18. The van der Waals surface area contributed by atoms with E-state index in [0.29, 0.717) is 0 Å². The average molecular weight is 241 g/mol. The predicted molar refractivity (Wildman–Crippen MR) is 62.7 cm³/mol. The largest absolute Gasteiger partial charge is 0.478 e. The number of carboxylic acid groups (broad SMARTS) is 1. The number of carboxylic acids is 1. The summed E-state index contributed by atoms with van der Waals surface area (Å²) < 4.78 is 13.6. The molecule has 0 amide bonds. The Bertz CT molecular complexity index is 407. The summed E-state index contributed by atoms with van der Waals surface area (Å²) in [6, 6.07) is 3.38. The van der Waals surface area contributed by atoms with E-state index in [1.165, 1.54) is 12.1 Å². The van der Waals surface area contributed by atoms with E-state index in [-0.39, 0.29) is 29.8 Å². The van der Waals surface area contributed by atoms with Gasteiger partial charge >= 0.3 is 5.97 Å². The summed E-state index contributed by atoms with van der Waals surface area (Å²) in [5.41, 5.74) is 0.0981. The first-order valence-corrected chi connectivity index (χ1v) is 5.36. The first kappa shape index (κ1) is 13.4. The lowest BCUT2D eigenvalue weighted by molar-refractivity contribution is 0.0696. The number of aliphatic hydroxyl groups is 1. The molecule has 3 N–H and O–H groups in total. The van der Waals surface area contributed by atoms with Crippen LogP contribution in [-0.2, 0) is 0 Å². The smallest absolute Gasteiger partial charge is 0.335 e. The molecule has 1 atom stereocenters. The Morgan fingerprint density at radius 2 is 2.12 bits per heavy atom. The molecule has 0 aromatic heterocycles. The Balaban J connectivity index is 2.89. The Morgan fingerprint density at radius 3 is 2.53 bits per heavy atom. The lowest BCUT2D eigenvalue weighted by Gasteiger charge is -2.21. The summed E-state index contributed by atoms with van der Waals surface area (Å²) in [7, 11) is 0. The van der Waals surface area contributed by atoms with Crippen molar-refractivity contribution in [3.8, 4) is 0 Å². The highest BCUT2D eigenvalue weighted by molar-refractivity contribution is 5.88. The van der Waals surface area contributed by atoms with Gasteiger partial charge in [-0.1, -0.05) is 13.8 Å². The van der Waals surface area contributed by atoms with E-state index >= 15 is 0 Å². The minimum atomic E-state index is -1.17. The van der Waals surface area contributed by atoms with Gasteiger partial charge in [-0.3, -0.25) is 0 Å². The molecule has 1 rings (SSSR count). The predicted octanol–water partition coefficient (Wildman–Crippen LogP) is 1.95. The standard InChI is InChI=1S/C12H16FNO3/c1-7(2)11(6-15)14-10-4-3-8(12(16)17)5-9(10)13/h3-5,7,11,14-15H,6H2,1-2H3,(H,16,17). The zero-order valence-corrected chi connectivity index (χ0v) is 9.77. The summed E-state index contributed by atoms with van der Waals surface area (Å²) in [6.07, 6.45) is 0. The minimum Gasteiger partial charge on any atom is -0.478 e. The van der Waals surface area contributed by atoms with Crippen molar-refractivity contribution in [1.82, 2.24) is 0 Å². The third kappa shape index (κ3) is 3.42. The number of halogens is 1. The quantitative estimate of drug-likeness (QED) is 0.737. The van der Waals surface area contributed by atoms with Gasteiger partial charge in [0.25, 0.3) is 0 Å². The lowest BCUT2D eigenvalue weighted by Crippen LogP contribution is -2.29. The van der Waals surface area contributed by atoms with Crippen LogP contribution in [0.4, 0.5) is 10.1 Å². The molecule has 0 aliphatic heterocycles. The highest BCUT2D eigenvalue weighted by atomic mass is 19.1. The molecular formula is C12H16FNO3. The van der Waals surface area contributed by atoms with Gasteiger partial charge in [0.1, 0.15) is 5.82 Å². The van der Waals surface area contributed by atoms with Crippen LogP contribution in [0.2, 0.25) is 0 Å². The molecule has 0 aliphatic carbocycles. The second kappa shape index (κ2) is 5.63. The fraction of sp³-hybridized carbons (Fsp3) is 0.417. The maximum absolute atomic E-state index is 13.6. The summed E-state index contributed by atoms with van der Waals surface area (Å²) in [5, 5.41) is 20.6. The van der Waals surface area contributed by atoms with Crippen molar-refractivity contribution >= 4 is 11.7 Å². The first-order valence-electron chi connectivity index (χ1n) is 5.36. The molecule has 1 aromatic rings. The average Bonchev–Trinajstić information content (AvgIpc) is 2.26. The fourth-order valence-electron chi connectivity index (χ4n) is 1.39. The maximum atomic E-state index is 13.6. The molecular weight excluding hydrogens is 225 g/mol. The molecule has 0 radical (unpaired) electrons. The third-order valence-electron chi connectivity index (χ3n) is 2.56. The molecule has 94 valence electrons. The van der Waals surface area contributed by atoms with Crippen molar-refractivity contribution in [2.45, 2.75) is 19.9 Å². The number of benzene rings is 1. The van der Waals surface area contributed by atoms with Gasteiger partial charge in [0.15, 0.2) is 0 Å². The van der Waals surface area contributed by atoms with Gasteiger partial charge in [-0.15, -0.1) is 0 Å². The Kier molecular flexibility index (Phi) is 4.45. The van der Waals surface area contributed by atoms with Gasteiger partial charge in [0.2, 0.25) is 0 Å². The van der Waals surface area contributed by atoms with Crippen LogP contribution < -0.4 is 5.32 Å². The number of rotatable bonds is 5. The van der Waals surface area contributed by atoms with Gasteiger partial charge in [0, 0.05) is 0 Å². The molecule has 0 bridgehead atoms. The third-order valence-corrected chi connectivity index (χ3v) is 2.56. The van der Waals surface area contributed by atoms with Crippen molar-refractivity contribution < 1.29 is 19.4 Å². The lowest BCUT2D eigenvalue weighted by atomic mass is 10.0. The molecule has 1 unspecified atom stereocenters. The zero-order chi connectivity index (χ0) is 13.0. The molecule has 0 aliphatic rings. The topological polar surface area (TPSA) is 69.6 Å². The van der Waals surface area contributed by atoms with E-state index in [1.54, 1.807) is 0 Å². The monoisotopic (exact) mass is 241 g/mol. The van der Waals surface area contributed by atoms with Gasteiger partial charge in [0.05, 0.1) is 23.9 Å². The van der Waals surface area contributed by atoms with E-state index in [0.717, 1.165) is 6.07 Å². The van der Waals surface area contributed by atoms with E-state index in [9.17, 15) is 9.18 Å². The Morgan fingerprint density at radius 1 is 1.47 bits per heavy atom. The number of aromatic carboxylic acids is 1. The zero-order valence-electron chi connectivity index (χ0n) is 9.77. The van der Waals surface area contributed by atoms with E-state index in [4.69, 9.17) is 10.2 Å². The van der Waals surface area contributed by atoms with Crippen LogP contribution in [0.5, 0.6) is 0 Å². The number of nitrogens with one attached hydrogen (secondary N) is 1. The van der Waals surface area contributed by atoms with Gasteiger partial charge in [-0.25, -0.2) is 9.18 Å². The van der Waals surface area contributed by atoms with Crippen LogP contribution in [0.15, 0.2) is 18.2 Å². The second-order valence-electron chi connectivity index (χ2n) is 4.18. The molecule has 0 fully saturated rings. The SMILES string of the molecule is CC(C)C(CO)Nc1ccc(C(=O)O)cc1F. The normalized spacial score (nSPS) is 12.5. The fourth-order valence-corrected chi connectivity index (χ4v) is 1.39. The van der Waals surface area contributed by atoms with Gasteiger partial charge < -0.3 is 15.5 Å². The number of aliphatic hydroxyl groups excluding tert-OH is 1. The van der Waals surface area contributed by atoms with Crippen molar-refractivity contribution in [3.63, 3.8) is 0 Å². The van der Waals surface area contributed by atoms with Crippen molar-refractivity contribution in [3.05, 3.63) is 29.6 Å². The summed E-state index contributed by atoms with van der Waals surface area (Å²) in [5.74, 6) is -1.67. The van der Waals surface area contributed by atoms with Crippen molar-refractivity contribution in [1.29, 1.82) is 0 Å². The Hall–Kier alpha value is -1.62. The molecule has 5 heteroatoms. The van der Waals surface area contributed by atoms with Crippen LogP contribution in [0.3, 0.4) is 0 Å². The number of hydrogen-bond acceptors (Lipinski definition) is 3. The van der Waals surface area contributed by atoms with E-state index in [1.807, 2.05) is 13.8 Å².